The molecular formula is C22H21NO3S. The first-order valence-corrected chi connectivity index (χ1v) is 9.75. The largest absolute Gasteiger partial charge is 0.465 e. The van der Waals surface area contributed by atoms with Gasteiger partial charge in [0.05, 0.1) is 18.4 Å². The molecule has 0 spiro atoms. The Morgan fingerprint density at radius 1 is 0.963 bits per heavy atom. The molecular weight excluding hydrogens is 358 g/mol. The third-order valence-corrected chi connectivity index (χ3v) is 5.22. The minimum atomic E-state index is -0.460. The lowest BCUT2D eigenvalue weighted by molar-refractivity contribution is -0.116. The van der Waals surface area contributed by atoms with E-state index in [1.165, 1.54) is 22.8 Å². The van der Waals surface area contributed by atoms with Crippen LogP contribution in [0.5, 0.6) is 0 Å². The molecule has 0 fully saturated rings. The van der Waals surface area contributed by atoms with Crippen LogP contribution in [0.1, 0.15) is 23.2 Å². The smallest absolute Gasteiger partial charge is 0.339 e. The van der Waals surface area contributed by atoms with Crippen molar-refractivity contribution in [3.05, 3.63) is 72.3 Å². The maximum absolute atomic E-state index is 12.2. The number of hydrogen-bond donors (Lipinski definition) is 1. The number of benzene rings is 3. The Morgan fingerprint density at radius 3 is 2.52 bits per heavy atom. The minimum Gasteiger partial charge on any atom is -0.465 e. The highest BCUT2D eigenvalue weighted by Gasteiger charge is 2.13. The summed E-state index contributed by atoms with van der Waals surface area (Å²) >= 11 is 1.74. The zero-order valence-corrected chi connectivity index (χ0v) is 15.9. The lowest BCUT2D eigenvalue weighted by Gasteiger charge is -2.09. The van der Waals surface area contributed by atoms with Crippen molar-refractivity contribution in [3.8, 4) is 0 Å². The summed E-state index contributed by atoms with van der Waals surface area (Å²) in [5.74, 6) is 0.285. The molecule has 3 aromatic carbocycles. The quantitative estimate of drug-likeness (QED) is 0.351. The van der Waals surface area contributed by atoms with E-state index in [1.54, 1.807) is 36.0 Å². The molecule has 0 heterocycles. The number of rotatable bonds is 7. The van der Waals surface area contributed by atoms with Gasteiger partial charge in [0.15, 0.2) is 0 Å². The standard InChI is InChI=1S/C22H21NO3S/c1-26-22(25)19-9-4-5-10-20(19)23-21(24)11-6-14-27-18-13-12-16-7-2-3-8-17(16)15-18/h2-5,7-10,12-13,15H,6,11,14H2,1H3,(H,23,24). The molecule has 1 N–H and O–H groups in total. The van der Waals surface area contributed by atoms with Gasteiger partial charge in [0.2, 0.25) is 5.91 Å². The Morgan fingerprint density at radius 2 is 1.70 bits per heavy atom. The highest BCUT2D eigenvalue weighted by atomic mass is 32.2. The number of nitrogens with one attached hydrogen (secondary N) is 1. The molecule has 1 amide bonds. The molecule has 138 valence electrons. The van der Waals surface area contributed by atoms with Crippen LogP contribution in [0.3, 0.4) is 0 Å². The lowest BCUT2D eigenvalue weighted by Crippen LogP contribution is -2.15. The minimum absolute atomic E-state index is 0.106. The number of fused-ring (bicyclic) bond motifs is 1. The van der Waals surface area contributed by atoms with Gasteiger partial charge in [0.25, 0.3) is 0 Å². The van der Waals surface area contributed by atoms with Gasteiger partial charge in [-0.2, -0.15) is 0 Å². The van der Waals surface area contributed by atoms with Gasteiger partial charge in [-0.1, -0.05) is 42.5 Å². The third-order valence-electron chi connectivity index (χ3n) is 4.14. The van der Waals surface area contributed by atoms with Crippen LogP contribution in [0.25, 0.3) is 10.8 Å². The summed E-state index contributed by atoms with van der Waals surface area (Å²) in [5, 5.41) is 5.25. The molecule has 5 heteroatoms. The number of ether oxygens (including phenoxy) is 1. The highest BCUT2D eigenvalue weighted by Crippen LogP contribution is 2.24. The number of thioether (sulfide) groups is 1. The van der Waals surface area contributed by atoms with Gasteiger partial charge in [-0.15, -0.1) is 11.8 Å². The van der Waals surface area contributed by atoms with E-state index in [4.69, 9.17) is 4.74 Å². The number of hydrogen-bond acceptors (Lipinski definition) is 4. The zero-order valence-electron chi connectivity index (χ0n) is 15.1. The van der Waals surface area contributed by atoms with E-state index in [2.05, 4.69) is 35.6 Å². The molecule has 0 radical (unpaired) electrons. The van der Waals surface area contributed by atoms with Crippen molar-refractivity contribution in [1.82, 2.24) is 0 Å². The van der Waals surface area contributed by atoms with Crippen LogP contribution in [0.4, 0.5) is 5.69 Å². The normalized spacial score (nSPS) is 10.6. The first-order valence-electron chi connectivity index (χ1n) is 8.76. The second kappa shape index (κ2) is 9.24. The number of amides is 1. The van der Waals surface area contributed by atoms with Crippen molar-refractivity contribution in [2.45, 2.75) is 17.7 Å². The molecule has 4 nitrogen and oxygen atoms in total. The maximum Gasteiger partial charge on any atom is 0.339 e. The van der Waals surface area contributed by atoms with Crippen molar-refractivity contribution in [1.29, 1.82) is 0 Å². The first-order chi connectivity index (χ1) is 13.2. The molecule has 0 aromatic heterocycles. The number of esters is 1. The fraction of sp³-hybridized carbons (Fsp3) is 0.182. The summed E-state index contributed by atoms with van der Waals surface area (Å²) in [6.45, 7) is 0. The lowest BCUT2D eigenvalue weighted by atomic mass is 10.1. The SMILES string of the molecule is COC(=O)c1ccccc1NC(=O)CCCSc1ccc2ccccc2c1. The molecule has 0 atom stereocenters. The van der Waals surface area contributed by atoms with Crippen LogP contribution in [0, 0.1) is 0 Å². The van der Waals surface area contributed by atoms with E-state index < -0.39 is 5.97 Å². The van der Waals surface area contributed by atoms with Crippen molar-refractivity contribution >= 4 is 40.1 Å². The topological polar surface area (TPSA) is 55.4 Å². The second-order valence-corrected chi connectivity index (χ2v) is 7.21. The van der Waals surface area contributed by atoms with Gasteiger partial charge >= 0.3 is 5.97 Å². The van der Waals surface area contributed by atoms with Crippen LogP contribution in [-0.2, 0) is 9.53 Å². The second-order valence-electron chi connectivity index (χ2n) is 6.05. The Labute approximate surface area is 162 Å². The van der Waals surface area contributed by atoms with Crippen molar-refractivity contribution in [2.24, 2.45) is 0 Å². The highest BCUT2D eigenvalue weighted by molar-refractivity contribution is 7.99. The van der Waals surface area contributed by atoms with E-state index in [-0.39, 0.29) is 5.91 Å². The van der Waals surface area contributed by atoms with Gasteiger partial charge in [-0.3, -0.25) is 4.79 Å². The summed E-state index contributed by atoms with van der Waals surface area (Å²) in [7, 11) is 1.32. The molecule has 0 saturated heterocycles. The van der Waals surface area contributed by atoms with Crippen molar-refractivity contribution in [2.75, 3.05) is 18.2 Å². The summed E-state index contributed by atoms with van der Waals surface area (Å²) in [6, 6.07) is 21.5. The average Bonchev–Trinajstić information content (AvgIpc) is 2.71. The summed E-state index contributed by atoms with van der Waals surface area (Å²) in [6.07, 6.45) is 1.15. The van der Waals surface area contributed by atoms with E-state index >= 15 is 0 Å². The zero-order chi connectivity index (χ0) is 19.1. The predicted molar refractivity (Wildman–Crippen MR) is 110 cm³/mol. The van der Waals surface area contributed by atoms with Crippen LogP contribution >= 0.6 is 11.8 Å². The molecule has 0 unspecified atom stereocenters. The number of para-hydroxylation sites is 1. The van der Waals surface area contributed by atoms with Crippen LogP contribution in [0.2, 0.25) is 0 Å². The monoisotopic (exact) mass is 379 g/mol. The Balaban J connectivity index is 1.49. The van der Waals surface area contributed by atoms with Crippen LogP contribution in [0.15, 0.2) is 71.6 Å². The molecule has 0 saturated carbocycles. The molecule has 3 rings (SSSR count). The molecule has 0 bridgehead atoms. The molecule has 27 heavy (non-hydrogen) atoms. The van der Waals surface area contributed by atoms with E-state index in [0.717, 1.165) is 12.2 Å². The fourth-order valence-corrected chi connectivity index (χ4v) is 3.67. The predicted octanol–water partition coefficient (Wildman–Crippen LogP) is 5.14. The van der Waals surface area contributed by atoms with Crippen LogP contribution in [-0.4, -0.2) is 24.7 Å². The number of methoxy groups -OCH3 is 1. The first kappa shape index (κ1) is 19.0. The van der Waals surface area contributed by atoms with Crippen LogP contribution < -0.4 is 5.32 Å². The molecule has 0 aliphatic carbocycles. The number of carbonyl (C=O) groups excluding carboxylic acids is 2. The molecule has 3 aromatic rings. The fourth-order valence-electron chi connectivity index (χ4n) is 2.77. The summed E-state index contributed by atoms with van der Waals surface area (Å²) < 4.78 is 4.74. The third kappa shape index (κ3) is 5.11. The number of carbonyl (C=O) groups is 2. The molecule has 0 aliphatic rings. The van der Waals surface area contributed by atoms with Gasteiger partial charge in [-0.05, 0) is 47.2 Å². The maximum atomic E-state index is 12.2. The summed E-state index contributed by atoms with van der Waals surface area (Å²) in [4.78, 5) is 25.1. The Kier molecular flexibility index (Phi) is 6.49. The molecule has 0 aliphatic heterocycles. The number of anilines is 1. The van der Waals surface area contributed by atoms with E-state index in [1.807, 2.05) is 12.1 Å². The van der Waals surface area contributed by atoms with E-state index in [9.17, 15) is 9.59 Å². The van der Waals surface area contributed by atoms with Gasteiger partial charge < -0.3 is 10.1 Å². The summed E-state index contributed by atoms with van der Waals surface area (Å²) in [5.41, 5.74) is 0.843. The Bertz CT molecular complexity index is 955. The van der Waals surface area contributed by atoms with Gasteiger partial charge in [0.1, 0.15) is 0 Å². The van der Waals surface area contributed by atoms with Gasteiger partial charge in [-0.25, -0.2) is 4.79 Å². The average molecular weight is 379 g/mol. The Hall–Kier alpha value is -2.79. The van der Waals surface area contributed by atoms with Gasteiger partial charge in [0, 0.05) is 11.3 Å². The van der Waals surface area contributed by atoms with Crippen molar-refractivity contribution in [3.63, 3.8) is 0 Å². The van der Waals surface area contributed by atoms with E-state index in [0.29, 0.717) is 17.7 Å². The van der Waals surface area contributed by atoms with Crippen molar-refractivity contribution < 1.29 is 14.3 Å².